The molecule has 1 rings (SSSR count). The van der Waals surface area contributed by atoms with Crippen LogP contribution in [-0.4, -0.2) is 82.1 Å². The molecule has 1 aliphatic rings. The third-order valence-electron chi connectivity index (χ3n) is 6.53. The Morgan fingerprint density at radius 1 is 0.697 bits per heavy atom. The van der Waals surface area contributed by atoms with Gasteiger partial charge in [0.2, 0.25) is 0 Å². The summed E-state index contributed by atoms with van der Waals surface area (Å²) in [5, 5.41) is 38.7. The maximum Gasteiger partial charge on any atom is 0.186 e. The second kappa shape index (κ2) is 18.0. The van der Waals surface area contributed by atoms with Gasteiger partial charge in [0.05, 0.1) is 13.2 Å². The van der Waals surface area contributed by atoms with Gasteiger partial charge in [0, 0.05) is 12.8 Å². The fourth-order valence-electron chi connectivity index (χ4n) is 4.27. The highest BCUT2D eigenvalue weighted by Gasteiger charge is 2.43. The first kappa shape index (κ1) is 30.7. The zero-order valence-electron chi connectivity index (χ0n) is 20.8. The molecule has 9 nitrogen and oxygen atoms in total. The third-order valence-corrected chi connectivity index (χ3v) is 6.53. The Bertz CT molecular complexity index is 469. The summed E-state index contributed by atoms with van der Waals surface area (Å²) in [6.07, 6.45) is 10.8. The molecule has 8 N–H and O–H groups in total. The van der Waals surface area contributed by atoms with Crippen molar-refractivity contribution in [3.63, 3.8) is 0 Å². The molecule has 0 bridgehead atoms. The SMILES string of the molecule is CCCCCCCCCCCCCC[N+](N)(N)CCCCO[C@@H]1O[C@H](CO)[C@@H](O)[C@H](O)[C@H]1O. The Kier molecular flexibility index (Phi) is 16.7. The topological polar surface area (TPSA) is 151 Å². The minimum absolute atomic E-state index is 0.00218. The van der Waals surface area contributed by atoms with Crippen LogP contribution >= 0.6 is 0 Å². The first-order chi connectivity index (χ1) is 15.8. The van der Waals surface area contributed by atoms with Gasteiger partial charge in [-0.25, -0.2) is 0 Å². The van der Waals surface area contributed by atoms with Gasteiger partial charge in [-0.15, -0.1) is 0 Å². The van der Waals surface area contributed by atoms with Crippen LogP contribution in [0.25, 0.3) is 0 Å². The Hall–Kier alpha value is -0.360. The van der Waals surface area contributed by atoms with E-state index in [0.717, 1.165) is 25.8 Å². The highest BCUT2D eigenvalue weighted by molar-refractivity contribution is 4.88. The van der Waals surface area contributed by atoms with E-state index in [9.17, 15) is 20.4 Å². The number of ether oxygens (including phenoxy) is 2. The van der Waals surface area contributed by atoms with E-state index in [2.05, 4.69) is 6.92 Å². The van der Waals surface area contributed by atoms with Gasteiger partial charge >= 0.3 is 0 Å². The van der Waals surface area contributed by atoms with Crippen LogP contribution in [0.5, 0.6) is 0 Å². The number of hydrogen-bond acceptors (Lipinski definition) is 8. The van der Waals surface area contributed by atoms with E-state index in [1.54, 1.807) is 0 Å². The van der Waals surface area contributed by atoms with Gasteiger partial charge in [-0.2, -0.15) is 16.4 Å². The maximum absolute atomic E-state index is 9.96. The molecule has 0 aromatic rings. The van der Waals surface area contributed by atoms with Crippen LogP contribution in [0.2, 0.25) is 0 Å². The monoisotopic (exact) mass is 478 g/mol. The van der Waals surface area contributed by atoms with Crippen LogP contribution in [0.4, 0.5) is 0 Å². The fourth-order valence-corrected chi connectivity index (χ4v) is 4.27. The fraction of sp³-hybridized carbons (Fsp3) is 1.00. The van der Waals surface area contributed by atoms with Crippen molar-refractivity contribution in [3.8, 4) is 0 Å². The summed E-state index contributed by atoms with van der Waals surface area (Å²) in [4.78, 5) is 0. The second-order valence-corrected chi connectivity index (χ2v) is 9.71. The predicted molar refractivity (Wildman–Crippen MR) is 128 cm³/mol. The number of aliphatic hydroxyl groups is 4. The Morgan fingerprint density at radius 3 is 1.70 bits per heavy atom. The minimum atomic E-state index is -1.42. The molecule has 0 radical (unpaired) electrons. The molecule has 0 aliphatic carbocycles. The lowest BCUT2D eigenvalue weighted by Crippen LogP contribution is -2.61. The van der Waals surface area contributed by atoms with Crippen molar-refractivity contribution in [2.75, 3.05) is 26.3 Å². The molecular formula is C24H52N3O6+. The second-order valence-electron chi connectivity index (χ2n) is 9.71. The van der Waals surface area contributed by atoms with E-state index < -0.39 is 37.3 Å². The molecule has 1 saturated heterocycles. The van der Waals surface area contributed by atoms with E-state index >= 15 is 0 Å². The first-order valence-corrected chi connectivity index (χ1v) is 13.2. The number of rotatable bonds is 20. The van der Waals surface area contributed by atoms with Crippen LogP contribution in [0.1, 0.15) is 96.8 Å². The van der Waals surface area contributed by atoms with Crippen LogP contribution in [0, 0.1) is 0 Å². The summed E-state index contributed by atoms with van der Waals surface area (Å²) < 4.78 is 10.8. The summed E-state index contributed by atoms with van der Waals surface area (Å²) in [6, 6.07) is 0. The van der Waals surface area contributed by atoms with Crippen molar-refractivity contribution in [2.45, 2.75) is 128 Å². The lowest BCUT2D eigenvalue weighted by molar-refractivity contribution is -0.952. The Morgan fingerprint density at radius 2 is 1.18 bits per heavy atom. The molecule has 33 heavy (non-hydrogen) atoms. The van der Waals surface area contributed by atoms with E-state index in [-0.39, 0.29) is 4.70 Å². The highest BCUT2D eigenvalue weighted by Crippen LogP contribution is 2.22. The third kappa shape index (κ3) is 13.3. The van der Waals surface area contributed by atoms with Gasteiger partial charge in [-0.05, 0) is 12.8 Å². The van der Waals surface area contributed by atoms with Crippen molar-refractivity contribution in [2.24, 2.45) is 11.7 Å². The van der Waals surface area contributed by atoms with Crippen LogP contribution in [-0.2, 0) is 9.47 Å². The standard InChI is InChI=1S/C24H52N3O6/c1-2-3-4-5-6-7-8-9-10-11-12-13-16-27(25,26)17-14-15-18-32-24-23(31)22(30)21(29)20(19-28)33-24/h20-24,28-31H,2-19,25-26H2,1H3/q+1/t20-,21-,22+,23-,24-/m1/s1. The molecule has 9 heteroatoms. The number of unbranched alkanes of at least 4 members (excludes halogenated alkanes) is 12. The molecule has 1 heterocycles. The number of hydrogen-bond donors (Lipinski definition) is 6. The van der Waals surface area contributed by atoms with Gasteiger partial charge in [0.15, 0.2) is 6.29 Å². The first-order valence-electron chi connectivity index (χ1n) is 13.2. The van der Waals surface area contributed by atoms with E-state index in [1.807, 2.05) is 0 Å². The summed E-state index contributed by atoms with van der Waals surface area (Å²) in [7, 11) is 0. The molecule has 5 atom stereocenters. The number of aliphatic hydroxyl groups excluding tert-OH is 4. The predicted octanol–water partition coefficient (Wildman–Crippen LogP) is 1.85. The summed E-state index contributed by atoms with van der Waals surface area (Å²) in [5.74, 6) is 12.4. The molecule has 1 fully saturated rings. The Balaban J connectivity index is 2.00. The maximum atomic E-state index is 9.96. The lowest BCUT2D eigenvalue weighted by atomic mass is 9.99. The minimum Gasteiger partial charge on any atom is -0.394 e. The molecule has 0 aromatic carbocycles. The lowest BCUT2D eigenvalue weighted by Gasteiger charge is -2.39. The zero-order chi connectivity index (χ0) is 24.5. The molecule has 0 spiro atoms. The molecule has 0 amide bonds. The number of nitrogens with two attached hydrogens (primary N) is 2. The Labute approximate surface area is 200 Å². The van der Waals surface area contributed by atoms with E-state index in [4.69, 9.17) is 21.2 Å². The molecule has 0 saturated carbocycles. The van der Waals surface area contributed by atoms with Gasteiger partial charge in [0.1, 0.15) is 37.5 Å². The van der Waals surface area contributed by atoms with Gasteiger partial charge in [-0.1, -0.05) is 71.1 Å². The molecule has 198 valence electrons. The van der Waals surface area contributed by atoms with Crippen molar-refractivity contribution >= 4 is 0 Å². The number of nitrogens with zero attached hydrogens (tertiary/aromatic N) is 1. The van der Waals surface area contributed by atoms with Gasteiger partial charge in [0.25, 0.3) is 0 Å². The summed E-state index contributed by atoms with van der Waals surface area (Å²) in [6.45, 7) is 3.44. The van der Waals surface area contributed by atoms with Gasteiger partial charge < -0.3 is 29.9 Å². The molecule has 0 unspecified atom stereocenters. The highest BCUT2D eigenvalue weighted by atomic mass is 16.7. The smallest absolute Gasteiger partial charge is 0.186 e. The van der Waals surface area contributed by atoms with Crippen LogP contribution in [0.3, 0.4) is 0 Å². The van der Waals surface area contributed by atoms with Crippen molar-refractivity contribution in [1.82, 2.24) is 0 Å². The normalized spacial score (nSPS) is 26.1. The molecule has 0 aromatic heterocycles. The summed E-state index contributed by atoms with van der Waals surface area (Å²) >= 11 is 0. The largest absolute Gasteiger partial charge is 0.394 e. The van der Waals surface area contributed by atoms with Crippen molar-refractivity contribution in [1.29, 1.82) is 0 Å². The van der Waals surface area contributed by atoms with E-state index in [0.29, 0.717) is 19.6 Å². The average molecular weight is 479 g/mol. The van der Waals surface area contributed by atoms with Crippen LogP contribution < -0.4 is 11.7 Å². The molecular weight excluding hydrogens is 426 g/mol. The molecule has 1 aliphatic heterocycles. The summed E-state index contributed by atoms with van der Waals surface area (Å²) in [5.41, 5.74) is 0. The van der Waals surface area contributed by atoms with Gasteiger partial charge in [-0.3, -0.25) is 0 Å². The van der Waals surface area contributed by atoms with Crippen LogP contribution in [0.15, 0.2) is 0 Å². The van der Waals surface area contributed by atoms with E-state index in [1.165, 1.54) is 64.2 Å². The van der Waals surface area contributed by atoms with Crippen molar-refractivity contribution < 1.29 is 34.6 Å². The zero-order valence-corrected chi connectivity index (χ0v) is 20.8. The average Bonchev–Trinajstić information content (AvgIpc) is 2.79. The quantitative estimate of drug-likeness (QED) is 0.0671. The number of quaternary nitrogens is 1. The van der Waals surface area contributed by atoms with Crippen molar-refractivity contribution in [3.05, 3.63) is 0 Å².